The largest absolute Gasteiger partial charge is 0.494 e. The van der Waals surface area contributed by atoms with Crippen molar-refractivity contribution in [2.45, 2.75) is 62.7 Å². The second-order valence-electron chi connectivity index (χ2n) is 9.15. The number of halogens is 1. The van der Waals surface area contributed by atoms with E-state index in [0.717, 1.165) is 16.9 Å². The fraction of sp³-hybridized carbons (Fsp3) is 0.462. The minimum absolute atomic E-state index is 0.287. The minimum Gasteiger partial charge on any atom is -0.494 e. The van der Waals surface area contributed by atoms with Gasteiger partial charge in [-0.3, -0.25) is 9.59 Å². The van der Waals surface area contributed by atoms with E-state index in [1.807, 2.05) is 31.2 Å². The summed E-state index contributed by atoms with van der Waals surface area (Å²) in [6, 6.07) is 11.9. The van der Waals surface area contributed by atoms with Crippen molar-refractivity contribution in [2.75, 3.05) is 13.2 Å². The van der Waals surface area contributed by atoms with Crippen LogP contribution in [0.1, 0.15) is 42.6 Å². The molecule has 0 unspecified atom stereocenters. The van der Waals surface area contributed by atoms with Crippen molar-refractivity contribution in [3.8, 4) is 5.75 Å². The van der Waals surface area contributed by atoms with Crippen LogP contribution in [0.5, 0.6) is 5.75 Å². The molecule has 2 aliphatic rings. The van der Waals surface area contributed by atoms with E-state index in [9.17, 15) is 24.9 Å². The van der Waals surface area contributed by atoms with Crippen LogP contribution >= 0.6 is 11.6 Å². The number of carbonyl (C=O) groups is 2. The summed E-state index contributed by atoms with van der Waals surface area (Å²) in [6.07, 6.45) is -5.89. The van der Waals surface area contributed by atoms with Crippen molar-refractivity contribution >= 4 is 23.4 Å². The van der Waals surface area contributed by atoms with Crippen LogP contribution in [-0.2, 0) is 20.7 Å². The molecule has 0 saturated carbocycles. The Morgan fingerprint density at radius 2 is 1.83 bits per heavy atom. The molecule has 2 aromatic carbocycles. The number of amides is 2. The van der Waals surface area contributed by atoms with E-state index < -0.39 is 48.4 Å². The highest BCUT2D eigenvalue weighted by Gasteiger charge is 2.49. The lowest BCUT2D eigenvalue weighted by molar-refractivity contribution is -0.227. The van der Waals surface area contributed by atoms with E-state index in [-0.39, 0.29) is 6.54 Å². The number of primary amides is 1. The van der Waals surface area contributed by atoms with Gasteiger partial charge in [0.05, 0.1) is 6.61 Å². The van der Waals surface area contributed by atoms with Gasteiger partial charge in [0.2, 0.25) is 5.91 Å². The second-order valence-corrected chi connectivity index (χ2v) is 9.55. The van der Waals surface area contributed by atoms with Gasteiger partial charge in [-0.25, -0.2) is 0 Å². The van der Waals surface area contributed by atoms with Crippen LogP contribution in [0.15, 0.2) is 42.5 Å². The zero-order chi connectivity index (χ0) is 26.0. The molecule has 10 heteroatoms. The van der Waals surface area contributed by atoms with Gasteiger partial charge < -0.3 is 35.4 Å². The molecule has 9 nitrogen and oxygen atoms in total. The molecule has 2 saturated heterocycles. The van der Waals surface area contributed by atoms with Gasteiger partial charge in [0.1, 0.15) is 36.2 Å². The van der Waals surface area contributed by atoms with E-state index in [1.54, 1.807) is 18.2 Å². The Labute approximate surface area is 214 Å². The van der Waals surface area contributed by atoms with Crippen LogP contribution in [0.25, 0.3) is 0 Å². The smallest absolute Gasteiger partial charge is 0.255 e. The number of likely N-dealkylation sites (tertiary alicyclic amines) is 1. The highest BCUT2D eigenvalue weighted by atomic mass is 35.5. The maximum absolute atomic E-state index is 13.2. The van der Waals surface area contributed by atoms with Crippen molar-refractivity contribution in [3.63, 3.8) is 0 Å². The number of hydrogen-bond acceptors (Lipinski definition) is 7. The third-order valence-electron chi connectivity index (χ3n) is 6.75. The summed E-state index contributed by atoms with van der Waals surface area (Å²) in [5.41, 5.74) is 7.66. The quantitative estimate of drug-likeness (QED) is 0.433. The molecule has 0 bridgehead atoms. The lowest BCUT2D eigenvalue weighted by atomic mass is 9.89. The fourth-order valence-corrected chi connectivity index (χ4v) is 5.03. The SMILES string of the molecule is CCOc1ccc(Cc2cc([C@@H]3O[C@H](C(=O)N4CCC[C@H]4C(N)=O)[C@@H](O)[C@H](O)[C@H]3O)ccc2Cl)cc1. The van der Waals surface area contributed by atoms with Gasteiger partial charge in [-0.05, 0) is 61.1 Å². The lowest BCUT2D eigenvalue weighted by Gasteiger charge is -2.41. The van der Waals surface area contributed by atoms with Gasteiger partial charge >= 0.3 is 0 Å². The van der Waals surface area contributed by atoms with Crippen LogP contribution in [0.4, 0.5) is 0 Å². The Hall–Kier alpha value is -2.69. The summed E-state index contributed by atoms with van der Waals surface area (Å²) in [7, 11) is 0. The van der Waals surface area contributed by atoms with Gasteiger partial charge in [0.15, 0.2) is 6.10 Å². The Morgan fingerprint density at radius 3 is 2.50 bits per heavy atom. The summed E-state index contributed by atoms with van der Waals surface area (Å²) in [5.74, 6) is -0.525. The van der Waals surface area contributed by atoms with Gasteiger partial charge in [0, 0.05) is 11.6 Å². The first-order chi connectivity index (χ1) is 17.2. The molecule has 5 N–H and O–H groups in total. The van der Waals surface area contributed by atoms with E-state index in [0.29, 0.717) is 36.5 Å². The highest BCUT2D eigenvalue weighted by molar-refractivity contribution is 6.31. The topological polar surface area (TPSA) is 143 Å². The van der Waals surface area contributed by atoms with Crippen LogP contribution in [0, 0.1) is 0 Å². The Balaban J connectivity index is 1.57. The van der Waals surface area contributed by atoms with Crippen molar-refractivity contribution < 1.29 is 34.4 Å². The van der Waals surface area contributed by atoms with Gasteiger partial charge in [0.25, 0.3) is 5.91 Å². The van der Waals surface area contributed by atoms with E-state index >= 15 is 0 Å². The van der Waals surface area contributed by atoms with Crippen LogP contribution < -0.4 is 10.5 Å². The molecule has 0 spiro atoms. The zero-order valence-electron chi connectivity index (χ0n) is 19.9. The summed E-state index contributed by atoms with van der Waals surface area (Å²) < 4.78 is 11.4. The van der Waals surface area contributed by atoms with Gasteiger partial charge in [-0.2, -0.15) is 0 Å². The number of nitrogens with zero attached hydrogens (tertiary/aromatic N) is 1. The molecule has 2 heterocycles. The van der Waals surface area contributed by atoms with E-state index in [1.165, 1.54) is 4.90 Å². The molecule has 194 valence electrons. The number of nitrogens with two attached hydrogens (primary N) is 1. The molecule has 4 rings (SSSR count). The summed E-state index contributed by atoms with van der Waals surface area (Å²) in [6.45, 7) is 2.77. The van der Waals surface area contributed by atoms with Gasteiger partial charge in [-0.1, -0.05) is 35.9 Å². The minimum atomic E-state index is -1.67. The Kier molecular flexibility index (Phi) is 8.17. The zero-order valence-corrected chi connectivity index (χ0v) is 20.7. The molecule has 2 amide bonds. The summed E-state index contributed by atoms with van der Waals surface area (Å²) in [5, 5.41) is 32.3. The molecule has 0 aliphatic carbocycles. The first-order valence-electron chi connectivity index (χ1n) is 12.0. The van der Waals surface area contributed by atoms with E-state index in [4.69, 9.17) is 26.8 Å². The first kappa shape index (κ1) is 26.4. The molecule has 2 aliphatic heterocycles. The first-order valence-corrected chi connectivity index (χ1v) is 12.4. The Bertz CT molecular complexity index is 1100. The average Bonchev–Trinajstić information content (AvgIpc) is 3.36. The third-order valence-corrected chi connectivity index (χ3v) is 7.12. The molecule has 2 aromatic rings. The molecule has 0 radical (unpaired) electrons. The van der Waals surface area contributed by atoms with Crippen LogP contribution in [-0.4, -0.2) is 75.6 Å². The summed E-state index contributed by atoms with van der Waals surface area (Å²) >= 11 is 6.44. The van der Waals surface area contributed by atoms with Crippen LogP contribution in [0.2, 0.25) is 5.02 Å². The second kappa shape index (κ2) is 11.1. The van der Waals surface area contributed by atoms with Crippen molar-refractivity contribution in [2.24, 2.45) is 5.73 Å². The summed E-state index contributed by atoms with van der Waals surface area (Å²) in [4.78, 5) is 26.2. The molecule has 6 atom stereocenters. The highest BCUT2D eigenvalue weighted by Crippen LogP contribution is 2.36. The normalized spacial score (nSPS) is 28.2. The maximum Gasteiger partial charge on any atom is 0.255 e. The van der Waals surface area contributed by atoms with Crippen molar-refractivity contribution in [3.05, 3.63) is 64.2 Å². The van der Waals surface area contributed by atoms with Gasteiger partial charge in [-0.15, -0.1) is 0 Å². The van der Waals surface area contributed by atoms with E-state index in [2.05, 4.69) is 0 Å². The molecular weight excluding hydrogens is 488 g/mol. The fourth-order valence-electron chi connectivity index (χ4n) is 4.85. The lowest BCUT2D eigenvalue weighted by Crippen LogP contribution is -2.60. The monoisotopic (exact) mass is 518 g/mol. The number of carbonyl (C=O) groups excluding carboxylic acids is 2. The maximum atomic E-state index is 13.2. The number of hydrogen-bond donors (Lipinski definition) is 4. The van der Waals surface area contributed by atoms with Crippen LogP contribution in [0.3, 0.4) is 0 Å². The van der Waals surface area contributed by atoms with Crippen molar-refractivity contribution in [1.82, 2.24) is 4.90 Å². The molecular formula is C26H31ClN2O7. The number of rotatable bonds is 7. The molecule has 2 fully saturated rings. The average molecular weight is 519 g/mol. The third kappa shape index (κ3) is 5.35. The predicted octanol–water partition coefficient (Wildman–Crippen LogP) is 1.33. The predicted molar refractivity (Wildman–Crippen MR) is 131 cm³/mol. The number of benzene rings is 2. The molecule has 36 heavy (non-hydrogen) atoms. The Morgan fingerprint density at radius 1 is 1.11 bits per heavy atom. The number of aliphatic hydroxyl groups is 3. The molecule has 0 aromatic heterocycles. The number of aliphatic hydroxyl groups excluding tert-OH is 3. The standard InChI is InChI=1S/C26H31ClN2O7/c1-2-35-17-8-5-14(6-9-17)12-16-13-15(7-10-18(16)27)23-21(31)20(30)22(32)24(36-23)26(34)29-11-3-4-19(29)25(28)33/h5-10,13,19-24,30-32H,2-4,11-12H2,1H3,(H2,28,33)/t19-,20+,21+,22-,23-,24-/m0/s1. The number of ether oxygens (including phenoxy) is 2. The van der Waals surface area contributed by atoms with Crippen molar-refractivity contribution in [1.29, 1.82) is 0 Å².